The Morgan fingerprint density at radius 2 is 0.463 bits per heavy atom. The van der Waals surface area contributed by atoms with Crippen molar-refractivity contribution in [3.8, 4) is 45.0 Å². The highest BCUT2D eigenvalue weighted by Crippen LogP contribution is 2.39. The molecule has 0 atom stereocenters. The molecule has 0 N–H and O–H groups in total. The highest BCUT2D eigenvalue weighted by molar-refractivity contribution is 6.08. The zero-order chi connectivity index (χ0) is 37.4. The van der Waals surface area contributed by atoms with Crippen LogP contribution in [0.5, 0.6) is 0 Å². The van der Waals surface area contributed by atoms with Crippen LogP contribution in [0.15, 0.2) is 109 Å². The van der Waals surface area contributed by atoms with Crippen LogP contribution in [0.2, 0.25) is 0 Å². The van der Waals surface area contributed by atoms with Crippen LogP contribution < -0.4 is 0 Å². The summed E-state index contributed by atoms with van der Waals surface area (Å²) in [6.07, 6.45) is 0. The van der Waals surface area contributed by atoms with Crippen LogP contribution in [0.25, 0.3) is 88.6 Å². The zero-order valence-corrected chi connectivity index (χ0v) is 32.2. The van der Waals surface area contributed by atoms with Crippen LogP contribution in [0, 0.1) is 55.4 Å². The normalized spacial score (nSPS) is 11.7. The molecule has 4 heterocycles. The van der Waals surface area contributed by atoms with Gasteiger partial charge in [-0.2, -0.15) is 0 Å². The Morgan fingerprint density at radius 3 is 0.704 bits per heavy atom. The second-order valence-electron chi connectivity index (χ2n) is 14.9. The molecule has 0 unspecified atom stereocenters. The molecule has 0 bridgehead atoms. The maximum Gasteiger partial charge on any atom is 0.0975 e. The van der Waals surface area contributed by atoms with E-state index in [9.17, 15) is 0 Å². The Balaban J connectivity index is 1.20. The number of nitrogens with zero attached hydrogens (tertiary/aromatic N) is 4. The fraction of sp³-hybridized carbons (Fsp3) is 0.160. The standard InChI is InChI=1S/C50H42N4/c1-27-31(5)43(35-15-11-9-12-16-35)51-47-39(27)23-25-41-29(3)33(7)45(53-49(41)47)37-19-21-38(22-20-37)46-34(8)30(4)42-26-24-40-28(2)32(6)44(36-17-13-10-14-18-36)52-48(40)50(42)54-46/h9-26H,1-8H3. The van der Waals surface area contributed by atoms with E-state index in [1.165, 1.54) is 44.5 Å². The van der Waals surface area contributed by atoms with Crippen molar-refractivity contribution in [2.24, 2.45) is 0 Å². The molecule has 4 heteroatoms. The molecule has 9 aromatic rings. The number of pyridine rings is 4. The quantitative estimate of drug-likeness (QED) is 0.172. The summed E-state index contributed by atoms with van der Waals surface area (Å²) in [5.41, 5.74) is 21.8. The van der Waals surface area contributed by atoms with Crippen molar-refractivity contribution >= 4 is 43.6 Å². The van der Waals surface area contributed by atoms with Crippen molar-refractivity contribution in [3.05, 3.63) is 154 Å². The van der Waals surface area contributed by atoms with Gasteiger partial charge in [0.05, 0.1) is 44.8 Å². The number of fused-ring (bicyclic) bond motifs is 6. The maximum absolute atomic E-state index is 5.41. The van der Waals surface area contributed by atoms with E-state index in [0.717, 1.165) is 88.6 Å². The Morgan fingerprint density at radius 1 is 0.241 bits per heavy atom. The van der Waals surface area contributed by atoms with Crippen LogP contribution in [-0.4, -0.2) is 19.9 Å². The van der Waals surface area contributed by atoms with Gasteiger partial charge in [-0.05, 0) is 99.9 Å². The van der Waals surface area contributed by atoms with Gasteiger partial charge in [0.25, 0.3) is 0 Å². The molecule has 0 radical (unpaired) electrons. The largest absolute Gasteiger partial charge is 0.245 e. The van der Waals surface area contributed by atoms with Crippen molar-refractivity contribution in [3.63, 3.8) is 0 Å². The minimum Gasteiger partial charge on any atom is -0.245 e. The first-order chi connectivity index (χ1) is 26.1. The lowest BCUT2D eigenvalue weighted by atomic mass is 9.93. The van der Waals surface area contributed by atoms with Crippen LogP contribution in [0.4, 0.5) is 0 Å². The van der Waals surface area contributed by atoms with Crippen molar-refractivity contribution in [1.29, 1.82) is 0 Å². The number of benzene rings is 5. The van der Waals surface area contributed by atoms with Crippen LogP contribution >= 0.6 is 0 Å². The summed E-state index contributed by atoms with van der Waals surface area (Å²) in [4.78, 5) is 21.5. The molecule has 0 amide bonds. The molecule has 9 rings (SSSR count). The molecule has 4 aromatic heterocycles. The van der Waals surface area contributed by atoms with Gasteiger partial charge >= 0.3 is 0 Å². The molecule has 0 saturated carbocycles. The van der Waals surface area contributed by atoms with E-state index >= 15 is 0 Å². The number of aryl methyl sites for hydroxylation is 4. The van der Waals surface area contributed by atoms with Crippen LogP contribution in [-0.2, 0) is 0 Å². The second-order valence-corrected chi connectivity index (χ2v) is 14.9. The summed E-state index contributed by atoms with van der Waals surface area (Å²) in [6.45, 7) is 17.5. The molecule has 0 aliphatic heterocycles. The third kappa shape index (κ3) is 5.12. The minimum atomic E-state index is 0.942. The van der Waals surface area contributed by atoms with E-state index in [-0.39, 0.29) is 0 Å². The SMILES string of the molecule is Cc1c(-c2ccccc2)nc2c(ccc3c(C)c(C)c(-c4ccc(-c5nc6c(ccc7c(C)c(C)c(-c8ccccc8)nc76)c(C)c5C)cc4)nc32)c1C. The molecule has 54 heavy (non-hydrogen) atoms. The van der Waals surface area contributed by atoms with Gasteiger partial charge in [0.2, 0.25) is 0 Å². The van der Waals surface area contributed by atoms with E-state index in [4.69, 9.17) is 19.9 Å². The molecule has 0 spiro atoms. The van der Waals surface area contributed by atoms with E-state index in [1.807, 2.05) is 12.1 Å². The predicted octanol–water partition coefficient (Wildman–Crippen LogP) is 13.0. The van der Waals surface area contributed by atoms with Gasteiger partial charge in [-0.15, -0.1) is 0 Å². The highest BCUT2D eigenvalue weighted by atomic mass is 14.8. The summed E-state index contributed by atoms with van der Waals surface area (Å²) in [5.74, 6) is 0. The summed E-state index contributed by atoms with van der Waals surface area (Å²) < 4.78 is 0. The first-order valence-electron chi connectivity index (χ1n) is 18.8. The Labute approximate surface area is 316 Å². The summed E-state index contributed by atoms with van der Waals surface area (Å²) >= 11 is 0. The topological polar surface area (TPSA) is 51.6 Å². The molecule has 262 valence electrons. The average Bonchev–Trinajstić information content (AvgIpc) is 3.20. The molecular formula is C50H42N4. The molecule has 5 aromatic carbocycles. The summed E-state index contributed by atoms with van der Waals surface area (Å²) in [6, 6.07) is 38.6. The third-order valence-corrected chi connectivity index (χ3v) is 12.0. The van der Waals surface area contributed by atoms with Crippen molar-refractivity contribution in [2.45, 2.75) is 55.4 Å². The molecule has 0 aliphatic rings. The molecule has 0 saturated heterocycles. The monoisotopic (exact) mass is 698 g/mol. The fourth-order valence-electron chi connectivity index (χ4n) is 8.23. The predicted molar refractivity (Wildman–Crippen MR) is 227 cm³/mol. The smallest absolute Gasteiger partial charge is 0.0975 e. The number of hydrogen-bond donors (Lipinski definition) is 0. The Hall–Kier alpha value is -6.26. The first kappa shape index (κ1) is 33.6. The lowest BCUT2D eigenvalue weighted by Crippen LogP contribution is -2.00. The molecule has 0 fully saturated rings. The van der Waals surface area contributed by atoms with Gasteiger partial charge in [-0.25, -0.2) is 19.9 Å². The third-order valence-electron chi connectivity index (χ3n) is 12.0. The van der Waals surface area contributed by atoms with Crippen LogP contribution in [0.3, 0.4) is 0 Å². The van der Waals surface area contributed by atoms with E-state index < -0.39 is 0 Å². The number of hydrogen-bond acceptors (Lipinski definition) is 4. The molecule has 0 aliphatic carbocycles. The average molecular weight is 699 g/mol. The zero-order valence-electron chi connectivity index (χ0n) is 32.2. The Bertz CT molecular complexity index is 2780. The lowest BCUT2D eigenvalue weighted by molar-refractivity contribution is 1.25. The number of aromatic nitrogens is 4. The fourth-order valence-corrected chi connectivity index (χ4v) is 8.23. The van der Waals surface area contributed by atoms with Gasteiger partial charge in [0.1, 0.15) is 0 Å². The Kier molecular flexibility index (Phi) is 7.90. The summed E-state index contributed by atoms with van der Waals surface area (Å²) in [5, 5.41) is 4.58. The van der Waals surface area contributed by atoms with Crippen molar-refractivity contribution < 1.29 is 0 Å². The lowest BCUT2D eigenvalue weighted by Gasteiger charge is -2.17. The van der Waals surface area contributed by atoms with Gasteiger partial charge in [-0.3, -0.25) is 0 Å². The van der Waals surface area contributed by atoms with Gasteiger partial charge in [0, 0.05) is 43.8 Å². The van der Waals surface area contributed by atoms with Crippen molar-refractivity contribution in [2.75, 3.05) is 0 Å². The molecule has 4 nitrogen and oxygen atoms in total. The van der Waals surface area contributed by atoms with E-state index in [0.29, 0.717) is 0 Å². The highest BCUT2D eigenvalue weighted by Gasteiger charge is 2.20. The van der Waals surface area contributed by atoms with Gasteiger partial charge < -0.3 is 0 Å². The van der Waals surface area contributed by atoms with E-state index in [1.54, 1.807) is 0 Å². The van der Waals surface area contributed by atoms with E-state index in [2.05, 4.69) is 152 Å². The first-order valence-corrected chi connectivity index (χ1v) is 18.8. The molecular weight excluding hydrogens is 657 g/mol. The maximum atomic E-state index is 5.41. The van der Waals surface area contributed by atoms with Gasteiger partial charge in [-0.1, -0.05) is 109 Å². The van der Waals surface area contributed by atoms with Gasteiger partial charge in [0.15, 0.2) is 0 Å². The minimum absolute atomic E-state index is 0.942. The summed E-state index contributed by atoms with van der Waals surface area (Å²) in [7, 11) is 0. The van der Waals surface area contributed by atoms with Crippen LogP contribution in [0.1, 0.15) is 44.5 Å². The van der Waals surface area contributed by atoms with Crippen molar-refractivity contribution in [1.82, 2.24) is 19.9 Å². The number of rotatable bonds is 4. The second kappa shape index (κ2) is 12.7.